The Balaban J connectivity index is 1.38. The van der Waals surface area contributed by atoms with E-state index in [-0.39, 0.29) is 18.0 Å². The van der Waals surface area contributed by atoms with Gasteiger partial charge in [-0.1, -0.05) is 52.3 Å². The van der Waals surface area contributed by atoms with E-state index in [1.165, 1.54) is 11.0 Å². The Morgan fingerprint density at radius 2 is 1.91 bits per heavy atom. The normalized spacial score (nSPS) is 18.0. The summed E-state index contributed by atoms with van der Waals surface area (Å²) in [6.45, 7) is 0.128. The number of sulfonamides is 1. The molecule has 1 unspecified atom stereocenters. The number of nitrogens with zero attached hydrogens (tertiary/aromatic N) is 2. The molecule has 0 aromatic heterocycles. The maximum Gasteiger partial charge on any atom is 0.411 e. The van der Waals surface area contributed by atoms with Crippen LogP contribution in [0.15, 0.2) is 74.5 Å². The molecule has 0 radical (unpaired) electrons. The lowest BCUT2D eigenvalue weighted by atomic mass is 10.1. The third-order valence-electron chi connectivity index (χ3n) is 5.48. The van der Waals surface area contributed by atoms with E-state index >= 15 is 0 Å². The van der Waals surface area contributed by atoms with Crippen molar-refractivity contribution in [3.05, 3.63) is 69.6 Å². The first-order valence-corrected chi connectivity index (χ1v) is 13.4. The summed E-state index contributed by atoms with van der Waals surface area (Å²) >= 11 is 6.55. The second-order valence-electron chi connectivity index (χ2n) is 7.79. The molecule has 11 heteroatoms. The Labute approximate surface area is 214 Å². The Kier molecular flexibility index (Phi) is 7.42. The van der Waals surface area contributed by atoms with Crippen molar-refractivity contribution in [1.82, 2.24) is 9.62 Å². The number of ether oxygens (including phenoxy) is 1. The van der Waals surface area contributed by atoms with Crippen LogP contribution in [0, 0.1) is 11.5 Å². The summed E-state index contributed by atoms with van der Waals surface area (Å²) < 4.78 is 34.9. The number of carbonyl (C=O) groups excluding carboxylic acids is 1. The van der Waals surface area contributed by atoms with Crippen LogP contribution in [0.2, 0.25) is 0 Å². The van der Waals surface area contributed by atoms with E-state index in [2.05, 4.69) is 48.1 Å². The number of nitrogens with one attached hydrogen (secondary N) is 2. The minimum Gasteiger partial charge on any atom is -0.447 e. The molecule has 0 spiro atoms. The van der Waals surface area contributed by atoms with Crippen molar-refractivity contribution >= 4 is 64.4 Å². The van der Waals surface area contributed by atoms with Gasteiger partial charge in [0.25, 0.3) is 0 Å². The van der Waals surface area contributed by atoms with Gasteiger partial charge in [-0.2, -0.15) is 5.26 Å². The lowest BCUT2D eigenvalue weighted by molar-refractivity contribution is 0.134. The molecule has 1 amide bonds. The van der Waals surface area contributed by atoms with Gasteiger partial charge in [-0.25, -0.2) is 17.9 Å². The Morgan fingerprint density at radius 3 is 2.71 bits per heavy atom. The minimum atomic E-state index is -3.83. The molecule has 1 aliphatic heterocycles. The number of hydrogen-bond acceptors (Lipinski definition) is 6. The molecule has 2 atom stereocenters. The molecule has 0 saturated carbocycles. The van der Waals surface area contributed by atoms with E-state index in [0.717, 1.165) is 10.8 Å². The number of amides is 1. The Morgan fingerprint density at radius 1 is 1.15 bits per heavy atom. The molecular weight excluding hydrogens is 588 g/mol. The molecule has 1 heterocycles. The zero-order chi connectivity index (χ0) is 24.3. The first kappa shape index (κ1) is 24.5. The van der Waals surface area contributed by atoms with Gasteiger partial charge in [-0.3, -0.25) is 5.32 Å². The molecule has 1 fully saturated rings. The lowest BCUT2D eigenvalue weighted by Gasteiger charge is -2.18. The average molecular weight is 608 g/mol. The zero-order valence-corrected chi connectivity index (χ0v) is 21.7. The fraction of sp³-hybridized carbons (Fsp3) is 0.217. The number of fused-ring (bicyclic) bond motifs is 1. The van der Waals surface area contributed by atoms with Crippen LogP contribution >= 0.6 is 31.9 Å². The zero-order valence-electron chi connectivity index (χ0n) is 17.7. The number of hydrogen-bond donors (Lipinski definition) is 2. The molecule has 3 aromatic carbocycles. The lowest BCUT2D eigenvalue weighted by Crippen LogP contribution is -2.36. The van der Waals surface area contributed by atoms with Crippen LogP contribution < -0.4 is 10.0 Å². The van der Waals surface area contributed by atoms with Crippen molar-refractivity contribution in [2.45, 2.75) is 23.4 Å². The molecule has 176 valence electrons. The van der Waals surface area contributed by atoms with Crippen molar-refractivity contribution in [3.63, 3.8) is 0 Å². The predicted octanol–water partition coefficient (Wildman–Crippen LogP) is 4.82. The van der Waals surface area contributed by atoms with E-state index in [1.807, 2.05) is 36.4 Å². The van der Waals surface area contributed by atoms with Gasteiger partial charge < -0.3 is 9.64 Å². The summed E-state index contributed by atoms with van der Waals surface area (Å²) in [5.74, 6) is 0. The van der Waals surface area contributed by atoms with Crippen molar-refractivity contribution in [3.8, 4) is 6.19 Å². The van der Waals surface area contributed by atoms with Crippen LogP contribution in [-0.4, -0.2) is 44.6 Å². The van der Waals surface area contributed by atoms with Crippen LogP contribution in [0.1, 0.15) is 6.42 Å². The van der Waals surface area contributed by atoms with Gasteiger partial charge in [0.2, 0.25) is 10.0 Å². The Bertz CT molecular complexity index is 1370. The van der Waals surface area contributed by atoms with Crippen molar-refractivity contribution < 1.29 is 17.9 Å². The number of halogens is 2. The number of likely N-dealkylation sites (tertiary alicyclic amines) is 1. The second kappa shape index (κ2) is 10.3. The minimum absolute atomic E-state index is 0.0526. The number of nitriles is 1. The van der Waals surface area contributed by atoms with Gasteiger partial charge in [0, 0.05) is 26.9 Å². The maximum absolute atomic E-state index is 12.9. The van der Waals surface area contributed by atoms with Crippen molar-refractivity contribution in [1.29, 1.82) is 5.26 Å². The average Bonchev–Trinajstić information content (AvgIpc) is 3.20. The predicted molar refractivity (Wildman–Crippen MR) is 136 cm³/mol. The van der Waals surface area contributed by atoms with E-state index in [4.69, 9.17) is 4.74 Å². The first-order chi connectivity index (χ1) is 16.3. The smallest absolute Gasteiger partial charge is 0.411 e. The summed E-state index contributed by atoms with van der Waals surface area (Å²) in [4.78, 5) is 13.9. The van der Waals surface area contributed by atoms with Gasteiger partial charge in [0.05, 0.1) is 16.6 Å². The molecular formula is C23H20Br2N4O4S. The molecule has 1 aliphatic rings. The standard InChI is InChI=1S/C23H20Br2N4O4S/c24-16-8-9-20(25)22(10-16)34(31,32)28-17-11-18(29(12-17)14-26)13-33-23(30)27-21-7-3-5-15-4-1-2-6-19(15)21/h1-10,17-18,28H,11-13H2,(H,27,30)/t17?,18-/m1/s1. The van der Waals surface area contributed by atoms with E-state index in [9.17, 15) is 18.5 Å². The summed E-state index contributed by atoms with van der Waals surface area (Å²) in [6.07, 6.45) is 1.73. The molecule has 0 aliphatic carbocycles. The molecule has 34 heavy (non-hydrogen) atoms. The van der Waals surface area contributed by atoms with Crippen LogP contribution in [0.4, 0.5) is 10.5 Å². The number of rotatable bonds is 6. The summed E-state index contributed by atoms with van der Waals surface area (Å²) in [7, 11) is -3.83. The van der Waals surface area contributed by atoms with E-state index in [0.29, 0.717) is 21.1 Å². The summed E-state index contributed by atoms with van der Waals surface area (Å²) in [6, 6.07) is 17.1. The van der Waals surface area contributed by atoms with Crippen molar-refractivity contribution in [2.24, 2.45) is 0 Å². The van der Waals surface area contributed by atoms with Gasteiger partial charge in [-0.15, -0.1) is 0 Å². The molecule has 2 N–H and O–H groups in total. The highest BCUT2D eigenvalue weighted by Gasteiger charge is 2.35. The van der Waals surface area contributed by atoms with Gasteiger partial charge in [0.1, 0.15) is 6.61 Å². The van der Waals surface area contributed by atoms with Gasteiger partial charge >= 0.3 is 6.09 Å². The van der Waals surface area contributed by atoms with Crippen LogP contribution in [-0.2, 0) is 14.8 Å². The molecule has 4 rings (SSSR count). The third-order valence-corrected chi connectivity index (χ3v) is 8.49. The topological polar surface area (TPSA) is 112 Å². The van der Waals surface area contributed by atoms with Crippen LogP contribution in [0.5, 0.6) is 0 Å². The quantitative estimate of drug-likeness (QED) is 0.389. The fourth-order valence-corrected chi connectivity index (χ4v) is 6.64. The summed E-state index contributed by atoms with van der Waals surface area (Å²) in [5.41, 5.74) is 0.622. The number of benzene rings is 3. The van der Waals surface area contributed by atoms with Crippen LogP contribution in [0.3, 0.4) is 0 Å². The Hall–Kier alpha value is -2.65. The van der Waals surface area contributed by atoms with Crippen molar-refractivity contribution in [2.75, 3.05) is 18.5 Å². The molecule has 8 nitrogen and oxygen atoms in total. The third kappa shape index (κ3) is 5.52. The highest BCUT2D eigenvalue weighted by Crippen LogP contribution is 2.27. The highest BCUT2D eigenvalue weighted by atomic mass is 79.9. The maximum atomic E-state index is 12.9. The number of carbonyl (C=O) groups is 1. The molecule has 3 aromatic rings. The van der Waals surface area contributed by atoms with E-state index in [1.54, 1.807) is 18.2 Å². The van der Waals surface area contributed by atoms with Gasteiger partial charge in [0.15, 0.2) is 6.19 Å². The monoisotopic (exact) mass is 606 g/mol. The largest absolute Gasteiger partial charge is 0.447 e. The highest BCUT2D eigenvalue weighted by molar-refractivity contribution is 9.11. The SMILES string of the molecule is N#CN1CC(NS(=O)(=O)c2cc(Br)ccc2Br)C[C@@H]1COC(=O)Nc1cccc2ccccc12. The second-order valence-corrected chi connectivity index (χ2v) is 11.2. The van der Waals surface area contributed by atoms with Crippen LogP contribution in [0.25, 0.3) is 10.8 Å². The first-order valence-electron chi connectivity index (χ1n) is 10.3. The fourth-order valence-electron chi connectivity index (χ4n) is 3.90. The molecule has 0 bridgehead atoms. The van der Waals surface area contributed by atoms with Gasteiger partial charge in [-0.05, 0) is 52.0 Å². The van der Waals surface area contributed by atoms with E-state index < -0.39 is 28.2 Å². The summed E-state index contributed by atoms with van der Waals surface area (Å²) in [5, 5.41) is 14.1. The number of anilines is 1. The molecule has 1 saturated heterocycles.